The zero-order valence-corrected chi connectivity index (χ0v) is 12.8. The average molecular weight is 317 g/mol. The van der Waals surface area contributed by atoms with Crippen LogP contribution in [0, 0.1) is 5.41 Å². The van der Waals surface area contributed by atoms with Crippen LogP contribution in [0.5, 0.6) is 0 Å². The molecule has 22 heavy (non-hydrogen) atoms. The van der Waals surface area contributed by atoms with Crippen molar-refractivity contribution in [3.63, 3.8) is 0 Å². The van der Waals surface area contributed by atoms with Gasteiger partial charge in [0.25, 0.3) is 0 Å². The van der Waals surface area contributed by atoms with Crippen LogP contribution in [-0.4, -0.2) is 24.2 Å². The maximum Gasteiger partial charge on any atom is 0.416 e. The van der Waals surface area contributed by atoms with Crippen LogP contribution in [0.25, 0.3) is 0 Å². The number of rotatable bonds is 7. The van der Waals surface area contributed by atoms with Gasteiger partial charge in [0.2, 0.25) is 5.91 Å². The monoisotopic (exact) mass is 317 g/mol. The minimum atomic E-state index is -4.40. The van der Waals surface area contributed by atoms with Gasteiger partial charge in [-0.3, -0.25) is 4.79 Å². The lowest BCUT2D eigenvalue weighted by molar-refractivity contribution is -0.137. The van der Waals surface area contributed by atoms with Crippen LogP contribution in [0.4, 0.5) is 13.2 Å². The number of aliphatic hydroxyl groups is 1. The highest BCUT2D eigenvalue weighted by atomic mass is 19.4. The predicted molar refractivity (Wildman–Crippen MR) is 78.3 cm³/mol. The summed E-state index contributed by atoms with van der Waals surface area (Å²) in [5, 5.41) is 11.8. The molecule has 0 aliphatic carbocycles. The Kier molecular flexibility index (Phi) is 6.41. The van der Waals surface area contributed by atoms with Gasteiger partial charge in [-0.05, 0) is 29.9 Å². The standard InChI is InChI=1S/C16H22F3NO2/c1-15(2,11-21)7-4-8-20-14(22)10-12-5-3-6-13(9-12)16(17,18)19/h3,5-6,9,21H,4,7-8,10-11H2,1-2H3,(H,20,22). The number of hydrogen-bond donors (Lipinski definition) is 2. The smallest absolute Gasteiger partial charge is 0.396 e. The Morgan fingerprint density at radius 3 is 2.55 bits per heavy atom. The van der Waals surface area contributed by atoms with E-state index in [1.165, 1.54) is 12.1 Å². The Morgan fingerprint density at radius 2 is 1.95 bits per heavy atom. The molecule has 124 valence electrons. The average Bonchev–Trinajstić information content (AvgIpc) is 2.43. The zero-order chi connectivity index (χ0) is 16.8. The number of nitrogens with one attached hydrogen (secondary N) is 1. The maximum atomic E-state index is 12.6. The van der Waals surface area contributed by atoms with E-state index in [0.717, 1.165) is 18.6 Å². The molecule has 0 aromatic heterocycles. The SMILES string of the molecule is CC(C)(CO)CCCNC(=O)Cc1cccc(C(F)(F)F)c1. The number of alkyl halides is 3. The van der Waals surface area contributed by atoms with Crippen LogP contribution < -0.4 is 5.32 Å². The van der Waals surface area contributed by atoms with Gasteiger partial charge in [0, 0.05) is 13.2 Å². The summed E-state index contributed by atoms with van der Waals surface area (Å²) in [6, 6.07) is 4.78. The van der Waals surface area contributed by atoms with Crippen LogP contribution in [0.2, 0.25) is 0 Å². The number of carbonyl (C=O) groups is 1. The summed E-state index contributed by atoms with van der Waals surface area (Å²) in [6.07, 6.45) is -3.01. The normalized spacial score (nSPS) is 12.3. The van der Waals surface area contributed by atoms with Crippen LogP contribution in [-0.2, 0) is 17.4 Å². The molecule has 0 bridgehead atoms. The minimum absolute atomic E-state index is 0.0746. The number of hydrogen-bond acceptors (Lipinski definition) is 2. The fraction of sp³-hybridized carbons (Fsp3) is 0.562. The molecule has 0 unspecified atom stereocenters. The van der Waals surface area contributed by atoms with Crippen molar-refractivity contribution in [2.24, 2.45) is 5.41 Å². The highest BCUT2D eigenvalue weighted by molar-refractivity contribution is 5.78. The van der Waals surface area contributed by atoms with Crippen LogP contribution in [0.15, 0.2) is 24.3 Å². The van der Waals surface area contributed by atoms with E-state index >= 15 is 0 Å². The molecule has 1 rings (SSSR count). The number of amides is 1. The molecule has 2 N–H and O–H groups in total. The summed E-state index contributed by atoms with van der Waals surface area (Å²) in [6.45, 7) is 4.38. The number of halogens is 3. The minimum Gasteiger partial charge on any atom is -0.396 e. The van der Waals surface area contributed by atoms with Gasteiger partial charge in [-0.2, -0.15) is 13.2 Å². The Hall–Kier alpha value is -1.56. The first-order valence-corrected chi connectivity index (χ1v) is 7.18. The highest BCUT2D eigenvalue weighted by Gasteiger charge is 2.30. The molecule has 0 heterocycles. The van der Waals surface area contributed by atoms with Crippen LogP contribution in [0.3, 0.4) is 0 Å². The van der Waals surface area contributed by atoms with Crippen molar-refractivity contribution in [3.8, 4) is 0 Å². The first-order valence-electron chi connectivity index (χ1n) is 7.18. The zero-order valence-electron chi connectivity index (χ0n) is 12.8. The van der Waals surface area contributed by atoms with Gasteiger partial charge in [-0.1, -0.05) is 32.0 Å². The van der Waals surface area contributed by atoms with Crippen molar-refractivity contribution in [1.29, 1.82) is 0 Å². The fourth-order valence-electron chi connectivity index (χ4n) is 1.98. The summed E-state index contributed by atoms with van der Waals surface area (Å²) in [7, 11) is 0. The van der Waals surface area contributed by atoms with E-state index in [1.54, 1.807) is 0 Å². The third kappa shape index (κ3) is 6.47. The van der Waals surface area contributed by atoms with Crippen molar-refractivity contribution >= 4 is 5.91 Å². The predicted octanol–water partition coefficient (Wildman–Crippen LogP) is 3.16. The number of aliphatic hydroxyl groups excluding tert-OH is 1. The highest BCUT2D eigenvalue weighted by Crippen LogP contribution is 2.29. The largest absolute Gasteiger partial charge is 0.416 e. The van der Waals surface area contributed by atoms with Crippen molar-refractivity contribution < 1.29 is 23.1 Å². The number of carbonyl (C=O) groups excluding carboxylic acids is 1. The molecule has 0 fully saturated rings. The lowest BCUT2D eigenvalue weighted by Gasteiger charge is -2.21. The first-order chi connectivity index (χ1) is 10.1. The molecule has 0 saturated heterocycles. The molecule has 0 aliphatic rings. The second-order valence-electron chi connectivity index (χ2n) is 6.15. The lowest BCUT2D eigenvalue weighted by atomic mass is 9.89. The Morgan fingerprint density at radius 1 is 1.27 bits per heavy atom. The molecule has 1 aromatic carbocycles. The van der Waals surface area contributed by atoms with Gasteiger partial charge in [-0.15, -0.1) is 0 Å². The van der Waals surface area contributed by atoms with Gasteiger partial charge >= 0.3 is 6.18 Å². The van der Waals surface area contributed by atoms with E-state index < -0.39 is 11.7 Å². The molecule has 0 atom stereocenters. The maximum absolute atomic E-state index is 12.6. The van der Waals surface area contributed by atoms with Gasteiger partial charge < -0.3 is 10.4 Å². The Labute approximate surface area is 128 Å². The fourth-order valence-corrected chi connectivity index (χ4v) is 1.98. The second-order valence-corrected chi connectivity index (χ2v) is 6.15. The third-order valence-corrected chi connectivity index (χ3v) is 3.40. The Bertz CT molecular complexity index is 498. The quantitative estimate of drug-likeness (QED) is 0.759. The van der Waals surface area contributed by atoms with Crippen molar-refractivity contribution in [1.82, 2.24) is 5.32 Å². The van der Waals surface area contributed by atoms with Gasteiger partial charge in [-0.25, -0.2) is 0 Å². The molecular formula is C16H22F3NO2. The molecular weight excluding hydrogens is 295 g/mol. The van der Waals surface area contributed by atoms with Crippen LogP contribution in [0.1, 0.15) is 37.8 Å². The van der Waals surface area contributed by atoms with E-state index in [-0.39, 0.29) is 24.3 Å². The molecule has 0 spiro atoms. The van der Waals surface area contributed by atoms with Gasteiger partial charge in [0.1, 0.15) is 0 Å². The second kappa shape index (κ2) is 7.63. The molecule has 0 saturated carbocycles. The summed E-state index contributed by atoms with van der Waals surface area (Å²) in [4.78, 5) is 11.7. The Balaban J connectivity index is 2.43. The topological polar surface area (TPSA) is 49.3 Å². The van der Waals surface area contributed by atoms with Gasteiger partial charge in [0.15, 0.2) is 0 Å². The summed E-state index contributed by atoms with van der Waals surface area (Å²) in [5.41, 5.74) is -0.600. The van der Waals surface area contributed by atoms with E-state index in [9.17, 15) is 18.0 Å². The van der Waals surface area contributed by atoms with E-state index in [1.807, 2.05) is 13.8 Å². The summed E-state index contributed by atoms with van der Waals surface area (Å²) in [5.74, 6) is -0.305. The molecule has 3 nitrogen and oxygen atoms in total. The van der Waals surface area contributed by atoms with Crippen LogP contribution >= 0.6 is 0 Å². The van der Waals surface area contributed by atoms with E-state index in [2.05, 4.69) is 5.32 Å². The lowest BCUT2D eigenvalue weighted by Crippen LogP contribution is -2.27. The van der Waals surface area contributed by atoms with Crippen molar-refractivity contribution in [3.05, 3.63) is 35.4 Å². The summed E-state index contributed by atoms with van der Waals surface area (Å²) >= 11 is 0. The third-order valence-electron chi connectivity index (χ3n) is 3.40. The van der Waals surface area contributed by atoms with E-state index in [0.29, 0.717) is 18.5 Å². The first kappa shape index (κ1) is 18.5. The van der Waals surface area contributed by atoms with Crippen molar-refractivity contribution in [2.75, 3.05) is 13.2 Å². The van der Waals surface area contributed by atoms with Gasteiger partial charge in [0.05, 0.1) is 12.0 Å². The molecule has 1 amide bonds. The summed E-state index contributed by atoms with van der Waals surface area (Å²) < 4.78 is 37.7. The molecule has 6 heteroatoms. The van der Waals surface area contributed by atoms with E-state index in [4.69, 9.17) is 5.11 Å². The molecule has 1 aromatic rings. The molecule has 0 aliphatic heterocycles. The molecule has 0 radical (unpaired) electrons. The number of benzene rings is 1. The van der Waals surface area contributed by atoms with Crippen molar-refractivity contribution in [2.45, 2.75) is 39.3 Å².